The van der Waals surface area contributed by atoms with Crippen molar-refractivity contribution in [3.05, 3.63) is 34.9 Å². The van der Waals surface area contributed by atoms with Crippen LogP contribution in [0.25, 0.3) is 0 Å². The molecule has 0 aromatic heterocycles. The van der Waals surface area contributed by atoms with E-state index in [1.54, 1.807) is 43.1 Å². The molecule has 4 N–H and O–H groups in total. The van der Waals surface area contributed by atoms with E-state index in [2.05, 4.69) is 5.43 Å². The molecule has 3 rings (SSSR count). The van der Waals surface area contributed by atoms with E-state index in [0.29, 0.717) is 35.0 Å². The van der Waals surface area contributed by atoms with E-state index in [9.17, 15) is 34.5 Å². The molecular formula is C28H41ClN4O7. The number of benzene rings is 1. The maximum absolute atomic E-state index is 13.6. The van der Waals surface area contributed by atoms with Crippen LogP contribution in [0.1, 0.15) is 57.9 Å². The van der Waals surface area contributed by atoms with Crippen LogP contribution in [-0.2, 0) is 25.6 Å². The van der Waals surface area contributed by atoms with Crippen molar-refractivity contribution in [1.82, 2.24) is 20.2 Å². The number of hydrogen-bond donors (Lipinski definition) is 4. The number of aliphatic hydroxyl groups is 3. The van der Waals surface area contributed by atoms with Gasteiger partial charge in [-0.2, -0.15) is 0 Å². The third-order valence-corrected chi connectivity index (χ3v) is 8.02. The number of imide groups is 1. The van der Waals surface area contributed by atoms with Crippen molar-refractivity contribution in [2.45, 2.75) is 76.9 Å². The third-order valence-electron chi connectivity index (χ3n) is 7.77. The molecule has 1 aromatic rings. The number of rotatable bonds is 11. The molecule has 40 heavy (non-hydrogen) atoms. The van der Waals surface area contributed by atoms with Gasteiger partial charge >= 0.3 is 0 Å². The van der Waals surface area contributed by atoms with Gasteiger partial charge in [0.15, 0.2) is 0 Å². The molecule has 4 amide bonds. The largest absolute Gasteiger partial charge is 0.395 e. The molecule has 0 bridgehead atoms. The maximum atomic E-state index is 13.6. The molecule has 2 aliphatic rings. The molecule has 0 radical (unpaired) electrons. The molecule has 0 unspecified atom stereocenters. The van der Waals surface area contributed by atoms with Gasteiger partial charge in [-0.15, -0.1) is 0 Å². The molecule has 222 valence electrons. The molecule has 2 fully saturated rings. The van der Waals surface area contributed by atoms with Crippen molar-refractivity contribution >= 4 is 35.2 Å². The van der Waals surface area contributed by atoms with Gasteiger partial charge in [-0.1, -0.05) is 43.0 Å². The second-order valence-corrected chi connectivity index (χ2v) is 11.7. The van der Waals surface area contributed by atoms with Crippen LogP contribution >= 0.6 is 11.6 Å². The van der Waals surface area contributed by atoms with E-state index in [4.69, 9.17) is 11.6 Å². The lowest BCUT2D eigenvalue weighted by Gasteiger charge is -2.42. The Kier molecular flexibility index (Phi) is 11.5. The first-order chi connectivity index (χ1) is 19.0. The maximum Gasteiger partial charge on any atom is 0.257 e. The molecule has 1 heterocycles. The Hall–Kier alpha value is -2.57. The van der Waals surface area contributed by atoms with Crippen LogP contribution in [0.2, 0.25) is 5.02 Å². The Morgan fingerprint density at radius 3 is 2.12 bits per heavy atom. The highest BCUT2D eigenvalue weighted by Gasteiger charge is 2.42. The molecule has 1 aromatic carbocycles. The van der Waals surface area contributed by atoms with Gasteiger partial charge in [0.05, 0.1) is 12.0 Å². The molecule has 1 saturated heterocycles. The van der Waals surface area contributed by atoms with E-state index < -0.39 is 42.4 Å². The minimum absolute atomic E-state index is 0.0604. The summed E-state index contributed by atoms with van der Waals surface area (Å²) >= 11 is 5.97. The Morgan fingerprint density at radius 2 is 1.57 bits per heavy atom. The van der Waals surface area contributed by atoms with Crippen molar-refractivity contribution < 1.29 is 34.5 Å². The van der Waals surface area contributed by atoms with Crippen molar-refractivity contribution in [2.75, 3.05) is 32.9 Å². The SMILES string of the molecule is CC(C)(CO)C(=O)N(C1CCCCC1)[C@H]1CCN(NC(=O)[C@@H](Cc2ccc(Cl)cc2)N(C(=O)CO)C(=O)CO)C1. The van der Waals surface area contributed by atoms with Gasteiger partial charge in [-0.3, -0.25) is 29.5 Å². The van der Waals surface area contributed by atoms with Crippen molar-refractivity contribution in [3.8, 4) is 0 Å². The average molecular weight is 581 g/mol. The first-order valence-corrected chi connectivity index (χ1v) is 14.2. The highest BCUT2D eigenvalue weighted by Crippen LogP contribution is 2.31. The molecule has 11 nitrogen and oxygen atoms in total. The van der Waals surface area contributed by atoms with E-state index in [-0.39, 0.29) is 31.0 Å². The fraction of sp³-hybridized carbons (Fsp3) is 0.643. The number of hydrogen-bond acceptors (Lipinski definition) is 8. The van der Waals surface area contributed by atoms with Crippen LogP contribution in [0.4, 0.5) is 0 Å². The molecule has 2 atom stereocenters. The summed E-state index contributed by atoms with van der Waals surface area (Å²) in [6.45, 7) is 1.93. The highest BCUT2D eigenvalue weighted by atomic mass is 35.5. The lowest BCUT2D eigenvalue weighted by atomic mass is 9.87. The van der Waals surface area contributed by atoms with E-state index in [1.165, 1.54) is 0 Å². The minimum Gasteiger partial charge on any atom is -0.395 e. The van der Waals surface area contributed by atoms with Gasteiger partial charge in [-0.25, -0.2) is 5.01 Å². The fourth-order valence-corrected chi connectivity index (χ4v) is 5.62. The zero-order valence-corrected chi connectivity index (χ0v) is 24.0. The molecular weight excluding hydrogens is 540 g/mol. The topological polar surface area (TPSA) is 151 Å². The van der Waals surface area contributed by atoms with Crippen molar-refractivity contribution in [2.24, 2.45) is 5.41 Å². The molecule has 1 saturated carbocycles. The fourth-order valence-electron chi connectivity index (χ4n) is 5.49. The van der Waals surface area contributed by atoms with Gasteiger partial charge in [0.1, 0.15) is 19.3 Å². The molecule has 1 aliphatic carbocycles. The lowest BCUT2D eigenvalue weighted by molar-refractivity contribution is -0.156. The Morgan fingerprint density at radius 1 is 0.975 bits per heavy atom. The summed E-state index contributed by atoms with van der Waals surface area (Å²) in [5, 5.41) is 31.0. The van der Waals surface area contributed by atoms with Crippen molar-refractivity contribution in [3.63, 3.8) is 0 Å². The Bertz CT molecular complexity index is 1030. The summed E-state index contributed by atoms with van der Waals surface area (Å²) in [5.41, 5.74) is 2.48. The molecule has 1 aliphatic heterocycles. The summed E-state index contributed by atoms with van der Waals surface area (Å²) in [6, 6.07) is 5.09. The number of nitrogens with zero attached hydrogens (tertiary/aromatic N) is 3. The standard InChI is InChI=1S/C28H41ClN4O7/c1-28(2,18-36)27(40)32(21-6-4-3-5-7-21)22-12-13-31(15-22)30-26(39)23(14-19-8-10-20(29)11-9-19)33(24(37)16-34)25(38)17-35/h8-11,21-23,34-36H,3-7,12-18H2,1-2H3,(H,30,39)/t22-,23+/m0/s1. The van der Waals surface area contributed by atoms with Crippen LogP contribution < -0.4 is 5.43 Å². The zero-order chi connectivity index (χ0) is 29.4. The second kappa shape index (κ2) is 14.4. The van der Waals surface area contributed by atoms with Gasteiger partial charge in [0.2, 0.25) is 5.91 Å². The van der Waals surface area contributed by atoms with Crippen LogP contribution in [0, 0.1) is 5.41 Å². The average Bonchev–Trinajstić information content (AvgIpc) is 3.41. The van der Waals surface area contributed by atoms with E-state index >= 15 is 0 Å². The van der Waals surface area contributed by atoms with Crippen molar-refractivity contribution in [1.29, 1.82) is 0 Å². The zero-order valence-electron chi connectivity index (χ0n) is 23.2. The van der Waals surface area contributed by atoms with Crippen LogP contribution in [-0.4, -0.2) is 105 Å². The smallest absolute Gasteiger partial charge is 0.257 e. The number of aliphatic hydroxyl groups excluding tert-OH is 3. The van der Waals surface area contributed by atoms with E-state index in [1.807, 2.05) is 4.90 Å². The van der Waals surface area contributed by atoms with Gasteiger partial charge in [-0.05, 0) is 50.8 Å². The number of halogens is 1. The summed E-state index contributed by atoms with van der Waals surface area (Å²) < 4.78 is 0. The monoisotopic (exact) mass is 580 g/mol. The number of carbonyl (C=O) groups is 4. The van der Waals surface area contributed by atoms with Crippen LogP contribution in [0.3, 0.4) is 0 Å². The third kappa shape index (κ3) is 7.79. The second-order valence-electron chi connectivity index (χ2n) is 11.2. The Balaban J connectivity index is 1.81. The van der Waals surface area contributed by atoms with Crippen LogP contribution in [0.15, 0.2) is 24.3 Å². The first kappa shape index (κ1) is 32.0. The van der Waals surface area contributed by atoms with Gasteiger partial charge in [0.25, 0.3) is 17.7 Å². The molecule has 0 spiro atoms. The van der Waals surface area contributed by atoms with Gasteiger partial charge < -0.3 is 20.2 Å². The molecule has 12 heteroatoms. The number of carbonyl (C=O) groups excluding carboxylic acids is 4. The summed E-state index contributed by atoms with van der Waals surface area (Å²) in [7, 11) is 0. The predicted molar refractivity (Wildman–Crippen MR) is 148 cm³/mol. The first-order valence-electron chi connectivity index (χ1n) is 13.8. The summed E-state index contributed by atoms with van der Waals surface area (Å²) in [5.74, 6) is -2.79. The minimum atomic E-state index is -1.34. The number of nitrogens with one attached hydrogen (secondary N) is 1. The predicted octanol–water partition coefficient (Wildman–Crippen LogP) is 0.876. The number of hydrazine groups is 1. The lowest BCUT2D eigenvalue weighted by Crippen LogP contribution is -2.58. The normalized spacial score (nSPS) is 19.2. The van der Waals surface area contributed by atoms with Crippen LogP contribution in [0.5, 0.6) is 0 Å². The van der Waals surface area contributed by atoms with Gasteiger partial charge in [0, 0.05) is 36.6 Å². The highest BCUT2D eigenvalue weighted by molar-refractivity contribution is 6.30. The van der Waals surface area contributed by atoms with E-state index in [0.717, 1.165) is 32.1 Å². The summed E-state index contributed by atoms with van der Waals surface area (Å²) in [4.78, 5) is 54.7. The quantitative estimate of drug-likeness (QED) is 0.301. The number of amides is 4. The summed E-state index contributed by atoms with van der Waals surface area (Å²) in [6.07, 6.45) is 5.50. The Labute approximate surface area is 240 Å².